The first-order chi connectivity index (χ1) is 11.3. The molecule has 2 aromatic rings. The molecule has 0 saturated carbocycles. The maximum atomic E-state index is 11.5. The summed E-state index contributed by atoms with van der Waals surface area (Å²) in [5.74, 6) is 0. The third kappa shape index (κ3) is 4.77. The van der Waals surface area contributed by atoms with E-state index in [9.17, 15) is 27.4 Å². The third-order valence-corrected chi connectivity index (χ3v) is 6.09. The molecule has 8 nitrogen and oxygen atoms in total. The molecule has 3 rings (SSSR count). The van der Waals surface area contributed by atoms with Gasteiger partial charge in [-0.15, -0.1) is 0 Å². The van der Waals surface area contributed by atoms with Gasteiger partial charge < -0.3 is 19.2 Å². The van der Waals surface area contributed by atoms with Gasteiger partial charge in [0.1, 0.15) is 5.25 Å². The standard InChI is InChI=1S/C14H12O8S2.2Na/c15-21-23(17,18)13-3-1-9-5-10-2-4-14(24(19,20)22-16)8-12(10)6-11(9)7-13;;/h1-7,14-16H,8H2;;/q;2*+1/p-2. The number of hydrogen-bond donors (Lipinski definition) is 0. The van der Waals surface area contributed by atoms with Crippen molar-refractivity contribution in [2.75, 3.05) is 0 Å². The largest absolute Gasteiger partial charge is 1.00 e. The number of fused-ring (bicyclic) bond motifs is 2. The summed E-state index contributed by atoms with van der Waals surface area (Å²) in [5, 5.41) is 20.7. The van der Waals surface area contributed by atoms with Crippen molar-refractivity contribution in [3.63, 3.8) is 0 Å². The molecule has 0 fully saturated rings. The van der Waals surface area contributed by atoms with E-state index in [1.165, 1.54) is 24.3 Å². The molecule has 0 N–H and O–H groups in total. The van der Waals surface area contributed by atoms with Crippen LogP contribution in [0.5, 0.6) is 0 Å². The molecule has 0 bridgehead atoms. The number of benzene rings is 2. The van der Waals surface area contributed by atoms with E-state index in [1.807, 2.05) is 0 Å². The molecule has 0 aliphatic heterocycles. The second-order valence-corrected chi connectivity index (χ2v) is 8.49. The smallest absolute Gasteiger partial charge is 0.707 e. The van der Waals surface area contributed by atoms with Crippen molar-refractivity contribution in [2.45, 2.75) is 16.6 Å². The molecule has 2 aromatic carbocycles. The summed E-state index contributed by atoms with van der Waals surface area (Å²) in [6.45, 7) is 0. The quantitative estimate of drug-likeness (QED) is 0.273. The van der Waals surface area contributed by atoms with Crippen LogP contribution in [0.3, 0.4) is 0 Å². The Morgan fingerprint density at radius 2 is 1.62 bits per heavy atom. The Kier molecular flexibility index (Phi) is 8.49. The molecule has 0 saturated heterocycles. The first-order valence-electron chi connectivity index (χ1n) is 6.63. The zero-order valence-electron chi connectivity index (χ0n) is 13.9. The maximum absolute atomic E-state index is 11.5. The zero-order chi connectivity index (χ0) is 17.5. The van der Waals surface area contributed by atoms with E-state index in [2.05, 4.69) is 8.67 Å². The molecule has 1 unspecified atom stereocenters. The molecule has 1 aliphatic rings. The first-order valence-corrected chi connectivity index (χ1v) is 9.51. The van der Waals surface area contributed by atoms with Crippen LogP contribution in [0.25, 0.3) is 16.8 Å². The molecule has 0 aromatic heterocycles. The van der Waals surface area contributed by atoms with Crippen LogP contribution in [0.1, 0.15) is 11.1 Å². The van der Waals surface area contributed by atoms with Crippen molar-refractivity contribution in [1.29, 1.82) is 0 Å². The van der Waals surface area contributed by atoms with Crippen LogP contribution in [-0.2, 0) is 35.3 Å². The van der Waals surface area contributed by atoms with Gasteiger partial charge in [0, 0.05) is 0 Å². The van der Waals surface area contributed by atoms with Gasteiger partial charge in [-0.2, -0.15) is 16.8 Å². The molecule has 12 heteroatoms. The number of hydrogen-bond acceptors (Lipinski definition) is 8. The van der Waals surface area contributed by atoms with Crippen LogP contribution < -0.4 is 69.6 Å². The Morgan fingerprint density at radius 1 is 0.923 bits per heavy atom. The van der Waals surface area contributed by atoms with E-state index in [-0.39, 0.29) is 70.4 Å². The topological polar surface area (TPSA) is 133 Å². The summed E-state index contributed by atoms with van der Waals surface area (Å²) in [6, 6.07) is 7.36. The summed E-state index contributed by atoms with van der Waals surface area (Å²) < 4.78 is 52.6. The Labute approximate surface area is 194 Å². The average Bonchev–Trinajstić information content (AvgIpc) is 2.58. The minimum atomic E-state index is -4.38. The normalized spacial score (nSPS) is 16.5. The molecule has 0 spiro atoms. The fraction of sp³-hybridized carbons (Fsp3) is 0.143. The van der Waals surface area contributed by atoms with E-state index in [1.54, 1.807) is 18.2 Å². The average molecular weight is 416 g/mol. The summed E-state index contributed by atoms with van der Waals surface area (Å²) >= 11 is 0. The molecule has 1 aliphatic carbocycles. The van der Waals surface area contributed by atoms with E-state index in [0.717, 1.165) is 5.56 Å². The van der Waals surface area contributed by atoms with Crippen molar-refractivity contribution in [3.05, 3.63) is 47.5 Å². The van der Waals surface area contributed by atoms with E-state index < -0.39 is 25.5 Å². The van der Waals surface area contributed by atoms with Gasteiger partial charge in [-0.05, 0) is 46.5 Å². The molecular weight excluding hydrogens is 406 g/mol. The Hall–Kier alpha value is 0.180. The van der Waals surface area contributed by atoms with Gasteiger partial charge in [0.25, 0.3) is 20.2 Å². The van der Waals surface area contributed by atoms with Crippen LogP contribution in [0.15, 0.2) is 41.3 Å². The monoisotopic (exact) mass is 416 g/mol. The first kappa shape index (κ1) is 24.2. The summed E-state index contributed by atoms with van der Waals surface area (Å²) in [4.78, 5) is -0.302. The van der Waals surface area contributed by atoms with Crippen molar-refractivity contribution in [1.82, 2.24) is 0 Å². The van der Waals surface area contributed by atoms with Gasteiger partial charge in [0.05, 0.1) is 4.90 Å². The molecule has 128 valence electrons. The molecule has 0 radical (unpaired) electrons. The second-order valence-electron chi connectivity index (χ2n) is 5.24. The van der Waals surface area contributed by atoms with Crippen molar-refractivity contribution in [2.24, 2.45) is 0 Å². The van der Waals surface area contributed by atoms with Crippen LogP contribution >= 0.6 is 0 Å². The molecule has 0 heterocycles. The van der Waals surface area contributed by atoms with Gasteiger partial charge in [-0.3, -0.25) is 0 Å². The fourth-order valence-corrected chi connectivity index (χ4v) is 3.95. The minimum Gasteiger partial charge on any atom is -0.707 e. The van der Waals surface area contributed by atoms with Crippen LogP contribution in [0.2, 0.25) is 0 Å². The van der Waals surface area contributed by atoms with E-state index >= 15 is 0 Å². The van der Waals surface area contributed by atoms with E-state index in [4.69, 9.17) is 0 Å². The molecule has 0 amide bonds. The van der Waals surface area contributed by atoms with Crippen LogP contribution in [-0.4, -0.2) is 22.1 Å². The van der Waals surface area contributed by atoms with Crippen molar-refractivity contribution >= 4 is 37.1 Å². The molecule has 26 heavy (non-hydrogen) atoms. The summed E-state index contributed by atoms with van der Waals surface area (Å²) in [6.07, 6.45) is 2.94. The van der Waals surface area contributed by atoms with Gasteiger partial charge >= 0.3 is 59.1 Å². The van der Waals surface area contributed by atoms with E-state index in [0.29, 0.717) is 16.3 Å². The molecular formula is C14H10Na2O8S2. The Balaban J connectivity index is 0.00000169. The summed E-state index contributed by atoms with van der Waals surface area (Å²) in [5.41, 5.74) is 1.35. The SMILES string of the molecule is O=S(=O)(O[O-])c1ccc2cc3c(cc2c1)CC(S(=O)(=O)O[O-])C=C3.[Na+].[Na+]. The maximum Gasteiger partial charge on any atom is 1.00 e. The van der Waals surface area contributed by atoms with Crippen LogP contribution in [0.4, 0.5) is 0 Å². The summed E-state index contributed by atoms with van der Waals surface area (Å²) in [7, 11) is -8.63. The Bertz CT molecular complexity index is 1050. The third-order valence-electron chi connectivity index (χ3n) is 3.83. The molecule has 1 atom stereocenters. The second kappa shape index (κ2) is 9.12. The minimum absolute atomic E-state index is 0. The van der Waals surface area contributed by atoms with Gasteiger partial charge in [0.2, 0.25) is 0 Å². The predicted octanol–water partition coefficient (Wildman–Crippen LogP) is -6.61. The number of rotatable bonds is 4. The van der Waals surface area contributed by atoms with Crippen LogP contribution in [0, 0.1) is 0 Å². The predicted molar refractivity (Wildman–Crippen MR) is 78.7 cm³/mol. The van der Waals surface area contributed by atoms with Crippen molar-refractivity contribution < 1.29 is 95.1 Å². The van der Waals surface area contributed by atoms with Gasteiger partial charge in [-0.1, -0.05) is 24.3 Å². The fourth-order valence-electron chi connectivity index (χ4n) is 2.61. The van der Waals surface area contributed by atoms with Gasteiger partial charge in [-0.25, -0.2) is 0 Å². The van der Waals surface area contributed by atoms with Crippen molar-refractivity contribution in [3.8, 4) is 0 Å². The zero-order valence-corrected chi connectivity index (χ0v) is 19.5. The van der Waals surface area contributed by atoms with Gasteiger partial charge in [0.15, 0.2) is 0 Å². The Morgan fingerprint density at radius 3 is 2.23 bits per heavy atom.